The van der Waals surface area contributed by atoms with E-state index < -0.39 is 0 Å². The van der Waals surface area contributed by atoms with E-state index in [1.54, 1.807) is 7.05 Å². The van der Waals surface area contributed by atoms with Crippen LogP contribution >= 0.6 is 24.0 Å². The van der Waals surface area contributed by atoms with Crippen LogP contribution in [-0.4, -0.2) is 56.0 Å². The summed E-state index contributed by atoms with van der Waals surface area (Å²) in [7, 11) is 3.79. The number of nitrogens with zero attached hydrogens (tertiary/aromatic N) is 3. The first kappa shape index (κ1) is 23.1. The number of aliphatic imine (C=N–C) groups is 1. The van der Waals surface area contributed by atoms with Crippen molar-refractivity contribution in [3.63, 3.8) is 0 Å². The predicted octanol–water partition coefficient (Wildman–Crippen LogP) is 3.57. The Morgan fingerprint density at radius 3 is 2.29 bits per heavy atom. The van der Waals surface area contributed by atoms with Crippen molar-refractivity contribution in [1.29, 1.82) is 0 Å². The van der Waals surface area contributed by atoms with E-state index in [0.717, 1.165) is 44.1 Å². The molecule has 24 heavy (non-hydrogen) atoms. The number of unbranched alkanes of at least 4 members (excludes halogenated alkanes) is 1. The van der Waals surface area contributed by atoms with Crippen LogP contribution in [0.5, 0.6) is 0 Å². The molecule has 0 fully saturated rings. The van der Waals surface area contributed by atoms with Crippen molar-refractivity contribution in [1.82, 2.24) is 15.1 Å². The highest BCUT2D eigenvalue weighted by Gasteiger charge is 2.06. The molecule has 0 radical (unpaired) electrons. The standard InChI is InChI=1S/C18H31FN4.HI/c1-5-23(6-2)14-8-7-13-21-18(20-3)22(4)15-16-9-11-17(19)12-10-16;/h9-12H,5-8,13-15H2,1-4H3,(H,20,21);1H. The maximum atomic E-state index is 12.9. The second kappa shape index (κ2) is 13.4. The second-order valence-corrected chi connectivity index (χ2v) is 5.69. The van der Waals surface area contributed by atoms with Gasteiger partial charge < -0.3 is 15.1 Å². The van der Waals surface area contributed by atoms with Gasteiger partial charge in [-0.05, 0) is 50.2 Å². The molecule has 138 valence electrons. The van der Waals surface area contributed by atoms with Crippen LogP contribution in [0.3, 0.4) is 0 Å². The van der Waals surface area contributed by atoms with Crippen LogP contribution in [0, 0.1) is 5.82 Å². The number of nitrogens with one attached hydrogen (secondary N) is 1. The fourth-order valence-corrected chi connectivity index (χ4v) is 2.52. The van der Waals surface area contributed by atoms with Crippen LogP contribution in [0.4, 0.5) is 4.39 Å². The van der Waals surface area contributed by atoms with Gasteiger partial charge in [-0.2, -0.15) is 0 Å². The third-order valence-corrected chi connectivity index (χ3v) is 3.99. The summed E-state index contributed by atoms with van der Waals surface area (Å²) in [6.07, 6.45) is 2.31. The maximum Gasteiger partial charge on any atom is 0.193 e. The van der Waals surface area contributed by atoms with Crippen molar-refractivity contribution in [2.24, 2.45) is 4.99 Å². The molecule has 0 saturated heterocycles. The quantitative estimate of drug-likeness (QED) is 0.270. The molecule has 0 aliphatic heterocycles. The lowest BCUT2D eigenvalue weighted by Gasteiger charge is -2.22. The number of guanidine groups is 1. The van der Waals surface area contributed by atoms with E-state index in [1.807, 2.05) is 19.2 Å². The summed E-state index contributed by atoms with van der Waals surface area (Å²) in [5, 5.41) is 3.39. The van der Waals surface area contributed by atoms with Crippen molar-refractivity contribution < 1.29 is 4.39 Å². The van der Waals surface area contributed by atoms with Gasteiger partial charge in [-0.1, -0.05) is 26.0 Å². The Balaban J connectivity index is 0.00000529. The van der Waals surface area contributed by atoms with Crippen molar-refractivity contribution in [2.75, 3.05) is 40.3 Å². The Bertz CT molecular complexity index is 461. The Labute approximate surface area is 163 Å². The molecule has 6 heteroatoms. The third kappa shape index (κ3) is 8.82. The van der Waals surface area contributed by atoms with Gasteiger partial charge in [-0.15, -0.1) is 24.0 Å². The van der Waals surface area contributed by atoms with Gasteiger partial charge in [0, 0.05) is 27.2 Å². The van der Waals surface area contributed by atoms with Gasteiger partial charge in [0.2, 0.25) is 0 Å². The number of hydrogen-bond acceptors (Lipinski definition) is 2. The summed E-state index contributed by atoms with van der Waals surface area (Å²) in [5.41, 5.74) is 1.07. The molecule has 1 aromatic rings. The number of rotatable bonds is 9. The summed E-state index contributed by atoms with van der Waals surface area (Å²) >= 11 is 0. The van der Waals surface area contributed by atoms with Gasteiger partial charge in [-0.3, -0.25) is 4.99 Å². The number of halogens is 2. The molecule has 0 unspecified atom stereocenters. The summed E-state index contributed by atoms with van der Waals surface area (Å²) in [5.74, 6) is 0.671. The van der Waals surface area contributed by atoms with Crippen molar-refractivity contribution in [3.8, 4) is 0 Å². The number of hydrogen-bond donors (Lipinski definition) is 1. The highest BCUT2D eigenvalue weighted by molar-refractivity contribution is 14.0. The molecule has 0 aliphatic carbocycles. The van der Waals surface area contributed by atoms with Crippen LogP contribution in [0.1, 0.15) is 32.3 Å². The summed E-state index contributed by atoms with van der Waals surface area (Å²) < 4.78 is 12.9. The topological polar surface area (TPSA) is 30.9 Å². The monoisotopic (exact) mass is 450 g/mol. The second-order valence-electron chi connectivity index (χ2n) is 5.69. The van der Waals surface area contributed by atoms with Gasteiger partial charge in [-0.25, -0.2) is 4.39 Å². The summed E-state index contributed by atoms with van der Waals surface area (Å²) in [6.45, 7) is 9.42. The smallest absolute Gasteiger partial charge is 0.193 e. The van der Waals surface area contributed by atoms with Crippen LogP contribution in [0.25, 0.3) is 0 Å². The molecular weight excluding hydrogens is 418 g/mol. The summed E-state index contributed by atoms with van der Waals surface area (Å²) in [4.78, 5) is 8.81. The SMILES string of the molecule is CCN(CC)CCCCNC(=NC)N(C)Cc1ccc(F)cc1.I. The van der Waals surface area contributed by atoms with E-state index in [-0.39, 0.29) is 29.8 Å². The zero-order chi connectivity index (χ0) is 17.1. The predicted molar refractivity (Wildman–Crippen MR) is 112 cm³/mol. The van der Waals surface area contributed by atoms with Crippen molar-refractivity contribution in [3.05, 3.63) is 35.6 Å². The minimum absolute atomic E-state index is 0. The zero-order valence-electron chi connectivity index (χ0n) is 15.4. The lowest BCUT2D eigenvalue weighted by Crippen LogP contribution is -2.39. The van der Waals surface area contributed by atoms with Gasteiger partial charge in [0.15, 0.2) is 5.96 Å². The molecule has 0 spiro atoms. The van der Waals surface area contributed by atoms with Gasteiger partial charge in [0.05, 0.1) is 0 Å². The molecule has 0 heterocycles. The molecule has 0 aromatic heterocycles. The number of benzene rings is 1. The average Bonchev–Trinajstić information content (AvgIpc) is 2.56. The molecule has 0 aliphatic rings. The third-order valence-electron chi connectivity index (χ3n) is 3.99. The zero-order valence-corrected chi connectivity index (χ0v) is 17.7. The van der Waals surface area contributed by atoms with Gasteiger partial charge >= 0.3 is 0 Å². The molecule has 4 nitrogen and oxygen atoms in total. The normalized spacial score (nSPS) is 11.3. The van der Waals surface area contributed by atoms with Crippen LogP contribution in [0.15, 0.2) is 29.3 Å². The highest BCUT2D eigenvalue weighted by atomic mass is 127. The molecule has 0 amide bonds. The van der Waals surface area contributed by atoms with E-state index in [0.29, 0.717) is 6.54 Å². The van der Waals surface area contributed by atoms with Crippen LogP contribution in [-0.2, 0) is 6.54 Å². The average molecular weight is 450 g/mol. The van der Waals surface area contributed by atoms with Crippen molar-refractivity contribution in [2.45, 2.75) is 33.2 Å². The minimum atomic E-state index is -0.202. The van der Waals surface area contributed by atoms with Gasteiger partial charge in [0.1, 0.15) is 5.82 Å². The van der Waals surface area contributed by atoms with E-state index in [1.165, 1.54) is 18.6 Å². The van der Waals surface area contributed by atoms with Crippen molar-refractivity contribution >= 4 is 29.9 Å². The Hall–Kier alpha value is -0.890. The Morgan fingerprint density at radius 2 is 1.75 bits per heavy atom. The van der Waals surface area contributed by atoms with E-state index in [2.05, 4.69) is 34.0 Å². The van der Waals surface area contributed by atoms with Crippen LogP contribution < -0.4 is 5.32 Å². The molecule has 0 bridgehead atoms. The van der Waals surface area contributed by atoms with Crippen LogP contribution in [0.2, 0.25) is 0 Å². The molecule has 0 saturated carbocycles. The Kier molecular flexibility index (Phi) is 12.9. The molecule has 1 N–H and O–H groups in total. The molecule has 1 rings (SSSR count). The van der Waals surface area contributed by atoms with Gasteiger partial charge in [0.25, 0.3) is 0 Å². The Morgan fingerprint density at radius 1 is 1.12 bits per heavy atom. The van der Waals surface area contributed by atoms with E-state index >= 15 is 0 Å². The molecule has 0 atom stereocenters. The molecular formula is C18H32FIN4. The fourth-order valence-electron chi connectivity index (χ4n) is 2.52. The first-order chi connectivity index (χ1) is 11.1. The first-order valence-corrected chi connectivity index (χ1v) is 8.49. The lowest BCUT2D eigenvalue weighted by molar-refractivity contribution is 0.297. The van der Waals surface area contributed by atoms with E-state index in [4.69, 9.17) is 0 Å². The summed E-state index contributed by atoms with van der Waals surface area (Å²) in [6, 6.07) is 6.60. The maximum absolute atomic E-state index is 12.9. The largest absolute Gasteiger partial charge is 0.356 e. The first-order valence-electron chi connectivity index (χ1n) is 8.49. The molecule has 1 aromatic carbocycles. The minimum Gasteiger partial charge on any atom is -0.356 e. The highest BCUT2D eigenvalue weighted by Crippen LogP contribution is 2.05. The van der Waals surface area contributed by atoms with E-state index in [9.17, 15) is 4.39 Å². The lowest BCUT2D eigenvalue weighted by atomic mass is 10.2. The fraction of sp³-hybridized carbons (Fsp3) is 0.611.